The quantitative estimate of drug-likeness (QED) is 0.637. The summed E-state index contributed by atoms with van der Waals surface area (Å²) >= 11 is 0. The van der Waals surface area contributed by atoms with Gasteiger partial charge in [0.1, 0.15) is 0 Å². The summed E-state index contributed by atoms with van der Waals surface area (Å²) in [6.07, 6.45) is 3.88. The zero-order valence-corrected chi connectivity index (χ0v) is 11.2. The van der Waals surface area contributed by atoms with Crippen molar-refractivity contribution < 1.29 is 4.74 Å². The summed E-state index contributed by atoms with van der Waals surface area (Å²) in [7, 11) is 0. The summed E-state index contributed by atoms with van der Waals surface area (Å²) in [5.41, 5.74) is 0. The van der Waals surface area contributed by atoms with E-state index in [2.05, 4.69) is 39.9 Å². The standard InChI is InChI=1S/C13H29NO/c1-6-9-14-12(10-11(4)5)13(7-2)15-8-3/h11-14H,6-10H2,1-5H3. The topological polar surface area (TPSA) is 21.3 Å². The number of hydrogen-bond acceptors (Lipinski definition) is 2. The second-order valence-corrected chi connectivity index (χ2v) is 4.59. The van der Waals surface area contributed by atoms with Crippen molar-refractivity contribution in [3.8, 4) is 0 Å². The molecule has 0 bridgehead atoms. The fourth-order valence-electron chi connectivity index (χ4n) is 1.94. The molecule has 0 radical (unpaired) electrons. The molecule has 0 fully saturated rings. The van der Waals surface area contributed by atoms with Crippen molar-refractivity contribution in [2.75, 3.05) is 13.2 Å². The molecule has 1 N–H and O–H groups in total. The first kappa shape index (κ1) is 14.9. The summed E-state index contributed by atoms with van der Waals surface area (Å²) in [5, 5.41) is 3.61. The average Bonchev–Trinajstić information content (AvgIpc) is 2.20. The molecule has 2 atom stereocenters. The van der Waals surface area contributed by atoms with Crippen LogP contribution in [0.5, 0.6) is 0 Å². The van der Waals surface area contributed by atoms with Crippen molar-refractivity contribution in [1.82, 2.24) is 5.32 Å². The van der Waals surface area contributed by atoms with Crippen LogP contribution in [-0.4, -0.2) is 25.3 Å². The lowest BCUT2D eigenvalue weighted by Gasteiger charge is -2.28. The van der Waals surface area contributed by atoms with E-state index >= 15 is 0 Å². The van der Waals surface area contributed by atoms with E-state index < -0.39 is 0 Å². The summed E-state index contributed by atoms with van der Waals surface area (Å²) in [4.78, 5) is 0. The molecule has 2 unspecified atom stereocenters. The lowest BCUT2D eigenvalue weighted by molar-refractivity contribution is 0.0265. The molecule has 0 aromatic carbocycles. The molecule has 0 spiro atoms. The van der Waals surface area contributed by atoms with Crippen LogP contribution in [0.1, 0.15) is 53.9 Å². The maximum Gasteiger partial charge on any atom is 0.0725 e. The van der Waals surface area contributed by atoms with E-state index in [-0.39, 0.29) is 0 Å². The maximum absolute atomic E-state index is 5.79. The largest absolute Gasteiger partial charge is 0.377 e. The summed E-state index contributed by atoms with van der Waals surface area (Å²) in [6, 6.07) is 0.523. The molecule has 0 amide bonds. The first-order valence-corrected chi connectivity index (χ1v) is 6.50. The van der Waals surface area contributed by atoms with Crippen LogP contribution in [0, 0.1) is 5.92 Å². The Labute approximate surface area is 95.8 Å². The Kier molecular flexibility index (Phi) is 9.12. The van der Waals surface area contributed by atoms with Gasteiger partial charge in [0.05, 0.1) is 6.10 Å². The van der Waals surface area contributed by atoms with Gasteiger partial charge in [-0.1, -0.05) is 27.7 Å². The second kappa shape index (κ2) is 9.17. The van der Waals surface area contributed by atoms with Gasteiger partial charge in [0.25, 0.3) is 0 Å². The third kappa shape index (κ3) is 6.91. The van der Waals surface area contributed by atoms with E-state index in [1.807, 2.05) is 0 Å². The van der Waals surface area contributed by atoms with Crippen molar-refractivity contribution >= 4 is 0 Å². The number of hydrogen-bond donors (Lipinski definition) is 1. The molecule has 0 aromatic heterocycles. The third-order valence-electron chi connectivity index (χ3n) is 2.61. The van der Waals surface area contributed by atoms with E-state index in [9.17, 15) is 0 Å². The smallest absolute Gasteiger partial charge is 0.0725 e. The predicted molar refractivity (Wildman–Crippen MR) is 67.2 cm³/mol. The first-order valence-electron chi connectivity index (χ1n) is 6.50. The lowest BCUT2D eigenvalue weighted by atomic mass is 9.97. The Morgan fingerprint density at radius 3 is 2.20 bits per heavy atom. The SMILES string of the molecule is CCCNC(CC(C)C)C(CC)OCC. The highest BCUT2D eigenvalue weighted by Crippen LogP contribution is 2.13. The fourth-order valence-corrected chi connectivity index (χ4v) is 1.94. The van der Waals surface area contributed by atoms with Crippen LogP contribution in [0.15, 0.2) is 0 Å². The zero-order valence-electron chi connectivity index (χ0n) is 11.2. The molecule has 0 aliphatic carbocycles. The molecule has 2 heteroatoms. The van der Waals surface area contributed by atoms with Crippen molar-refractivity contribution in [2.45, 2.75) is 66.0 Å². The Balaban J connectivity index is 4.15. The van der Waals surface area contributed by atoms with Gasteiger partial charge in [-0.15, -0.1) is 0 Å². The van der Waals surface area contributed by atoms with Crippen LogP contribution in [0.2, 0.25) is 0 Å². The highest BCUT2D eigenvalue weighted by molar-refractivity contribution is 4.77. The molecule has 2 nitrogen and oxygen atoms in total. The molecule has 0 aromatic rings. The average molecular weight is 215 g/mol. The number of ether oxygens (including phenoxy) is 1. The molecule has 0 saturated heterocycles. The number of nitrogens with one attached hydrogen (secondary N) is 1. The predicted octanol–water partition coefficient (Wildman–Crippen LogP) is 3.22. The van der Waals surface area contributed by atoms with Gasteiger partial charge in [-0.3, -0.25) is 0 Å². The van der Waals surface area contributed by atoms with E-state index in [0.717, 1.165) is 25.5 Å². The van der Waals surface area contributed by atoms with Crippen LogP contribution in [0.4, 0.5) is 0 Å². The van der Waals surface area contributed by atoms with Gasteiger partial charge in [-0.05, 0) is 38.6 Å². The van der Waals surface area contributed by atoms with Crippen LogP contribution in [0.25, 0.3) is 0 Å². The number of rotatable bonds is 9. The van der Waals surface area contributed by atoms with E-state index in [0.29, 0.717) is 12.1 Å². The molecule has 0 rings (SSSR count). The Bertz CT molecular complexity index is 136. The van der Waals surface area contributed by atoms with Crippen LogP contribution in [0.3, 0.4) is 0 Å². The molecular weight excluding hydrogens is 186 g/mol. The van der Waals surface area contributed by atoms with Gasteiger partial charge >= 0.3 is 0 Å². The molecule has 0 heterocycles. The monoisotopic (exact) mass is 215 g/mol. The summed E-state index contributed by atoms with van der Waals surface area (Å²) in [6.45, 7) is 13.0. The minimum atomic E-state index is 0.379. The van der Waals surface area contributed by atoms with E-state index in [4.69, 9.17) is 4.74 Å². The first-order chi connectivity index (χ1) is 7.15. The molecule has 0 aliphatic heterocycles. The second-order valence-electron chi connectivity index (χ2n) is 4.59. The zero-order chi connectivity index (χ0) is 11.7. The van der Waals surface area contributed by atoms with Gasteiger partial charge in [-0.25, -0.2) is 0 Å². The van der Waals surface area contributed by atoms with Crippen molar-refractivity contribution in [3.63, 3.8) is 0 Å². The molecule has 0 aliphatic rings. The minimum absolute atomic E-state index is 0.379. The summed E-state index contributed by atoms with van der Waals surface area (Å²) < 4.78 is 5.79. The maximum atomic E-state index is 5.79. The van der Waals surface area contributed by atoms with E-state index in [1.54, 1.807) is 0 Å². The van der Waals surface area contributed by atoms with E-state index in [1.165, 1.54) is 12.8 Å². The van der Waals surface area contributed by atoms with Crippen LogP contribution >= 0.6 is 0 Å². The van der Waals surface area contributed by atoms with Gasteiger partial charge in [0.15, 0.2) is 0 Å². The molecule has 15 heavy (non-hydrogen) atoms. The highest BCUT2D eigenvalue weighted by Gasteiger charge is 2.20. The Hall–Kier alpha value is -0.0800. The van der Waals surface area contributed by atoms with Gasteiger partial charge in [-0.2, -0.15) is 0 Å². The minimum Gasteiger partial charge on any atom is -0.377 e. The Morgan fingerprint density at radius 2 is 1.80 bits per heavy atom. The summed E-state index contributed by atoms with van der Waals surface area (Å²) in [5.74, 6) is 0.730. The molecule has 92 valence electrons. The molecular formula is C13H29NO. The van der Waals surface area contributed by atoms with Crippen molar-refractivity contribution in [1.29, 1.82) is 0 Å². The van der Waals surface area contributed by atoms with Crippen molar-refractivity contribution in [2.24, 2.45) is 5.92 Å². The van der Waals surface area contributed by atoms with Gasteiger partial charge in [0.2, 0.25) is 0 Å². The normalized spacial score (nSPS) is 15.6. The Morgan fingerprint density at radius 1 is 1.13 bits per heavy atom. The van der Waals surface area contributed by atoms with Crippen molar-refractivity contribution in [3.05, 3.63) is 0 Å². The van der Waals surface area contributed by atoms with Crippen LogP contribution in [-0.2, 0) is 4.74 Å². The third-order valence-corrected chi connectivity index (χ3v) is 2.61. The van der Waals surface area contributed by atoms with Crippen LogP contribution < -0.4 is 5.32 Å². The van der Waals surface area contributed by atoms with Gasteiger partial charge in [0, 0.05) is 12.6 Å². The fraction of sp³-hybridized carbons (Fsp3) is 1.00. The highest BCUT2D eigenvalue weighted by atomic mass is 16.5. The molecule has 0 saturated carbocycles. The van der Waals surface area contributed by atoms with Gasteiger partial charge < -0.3 is 10.1 Å². The lowest BCUT2D eigenvalue weighted by Crippen LogP contribution is -2.42.